The number of hydrogen-bond donors (Lipinski definition) is 1. The van der Waals surface area contributed by atoms with E-state index in [4.69, 9.17) is 16.3 Å². The summed E-state index contributed by atoms with van der Waals surface area (Å²) < 4.78 is 5.37. The topological polar surface area (TPSA) is 21.3 Å². The second-order valence-corrected chi connectivity index (χ2v) is 4.79. The van der Waals surface area contributed by atoms with Crippen molar-refractivity contribution in [3.63, 3.8) is 0 Å². The number of hydrogen-bond acceptors (Lipinski definition) is 2. The van der Waals surface area contributed by atoms with E-state index in [2.05, 4.69) is 11.4 Å². The molecule has 0 radical (unpaired) electrons. The highest BCUT2D eigenvalue weighted by molar-refractivity contribution is 6.30. The minimum atomic E-state index is 0.742. The zero-order chi connectivity index (χ0) is 11.4. The van der Waals surface area contributed by atoms with Gasteiger partial charge in [-0.25, -0.2) is 0 Å². The first-order chi connectivity index (χ1) is 7.79. The van der Waals surface area contributed by atoms with Crippen LogP contribution in [-0.2, 0) is 6.42 Å². The first-order valence-corrected chi connectivity index (χ1v) is 6.20. The molecule has 0 spiro atoms. The van der Waals surface area contributed by atoms with Gasteiger partial charge in [-0.1, -0.05) is 17.7 Å². The first-order valence-electron chi connectivity index (χ1n) is 5.82. The van der Waals surface area contributed by atoms with Gasteiger partial charge in [-0.3, -0.25) is 0 Å². The maximum absolute atomic E-state index is 5.95. The average molecular weight is 240 g/mol. The minimum Gasteiger partial charge on any atom is -0.496 e. The molecule has 0 saturated carbocycles. The molecule has 1 aromatic carbocycles. The first kappa shape index (κ1) is 11.7. The van der Waals surface area contributed by atoms with Crippen LogP contribution < -0.4 is 10.1 Å². The smallest absolute Gasteiger partial charge is 0.123 e. The Morgan fingerprint density at radius 3 is 2.81 bits per heavy atom. The largest absolute Gasteiger partial charge is 0.496 e. The Kier molecular flexibility index (Phi) is 4.08. The van der Waals surface area contributed by atoms with Gasteiger partial charge in [0.05, 0.1) is 7.11 Å². The number of methoxy groups -OCH3 is 1. The second-order valence-electron chi connectivity index (χ2n) is 4.35. The molecule has 88 valence electrons. The molecule has 1 fully saturated rings. The molecule has 2 nitrogen and oxygen atoms in total. The third-order valence-electron chi connectivity index (χ3n) is 3.22. The number of ether oxygens (including phenoxy) is 1. The Balaban J connectivity index is 2.07. The molecular weight excluding hydrogens is 222 g/mol. The van der Waals surface area contributed by atoms with Crippen molar-refractivity contribution < 1.29 is 4.74 Å². The minimum absolute atomic E-state index is 0.742. The molecule has 0 atom stereocenters. The van der Waals surface area contributed by atoms with Gasteiger partial charge in [-0.05, 0) is 56.0 Å². The predicted octanol–water partition coefficient (Wildman–Crippen LogP) is 2.89. The molecule has 2 rings (SSSR count). The van der Waals surface area contributed by atoms with Crippen molar-refractivity contribution in [1.82, 2.24) is 5.32 Å². The van der Waals surface area contributed by atoms with E-state index in [9.17, 15) is 0 Å². The van der Waals surface area contributed by atoms with Crippen LogP contribution in [0.25, 0.3) is 0 Å². The quantitative estimate of drug-likeness (QED) is 0.876. The Bertz CT molecular complexity index is 348. The van der Waals surface area contributed by atoms with Crippen LogP contribution in [0.1, 0.15) is 18.4 Å². The normalized spacial score (nSPS) is 17.4. The van der Waals surface area contributed by atoms with Crippen molar-refractivity contribution in [3.8, 4) is 5.75 Å². The van der Waals surface area contributed by atoms with Crippen LogP contribution in [-0.4, -0.2) is 20.2 Å². The van der Waals surface area contributed by atoms with E-state index in [0.717, 1.165) is 36.2 Å². The summed E-state index contributed by atoms with van der Waals surface area (Å²) in [5.74, 6) is 1.70. The Hall–Kier alpha value is -0.730. The summed E-state index contributed by atoms with van der Waals surface area (Å²) in [5.41, 5.74) is 1.28. The average Bonchev–Trinajstić information content (AvgIpc) is 2.33. The molecule has 0 aliphatic carbocycles. The van der Waals surface area contributed by atoms with E-state index < -0.39 is 0 Å². The zero-order valence-electron chi connectivity index (χ0n) is 9.63. The lowest BCUT2D eigenvalue weighted by atomic mass is 9.91. The lowest BCUT2D eigenvalue weighted by molar-refractivity contribution is 0.361. The molecule has 0 amide bonds. The van der Waals surface area contributed by atoms with Crippen LogP contribution in [0, 0.1) is 5.92 Å². The number of halogens is 1. The highest BCUT2D eigenvalue weighted by Crippen LogP contribution is 2.27. The van der Waals surface area contributed by atoms with Crippen molar-refractivity contribution in [2.45, 2.75) is 19.3 Å². The summed E-state index contributed by atoms with van der Waals surface area (Å²) in [6.45, 7) is 2.28. The van der Waals surface area contributed by atoms with E-state index in [0.29, 0.717) is 0 Å². The Labute approximate surface area is 102 Å². The number of benzene rings is 1. The molecule has 3 heteroatoms. The van der Waals surface area contributed by atoms with E-state index in [1.54, 1.807) is 7.11 Å². The summed E-state index contributed by atoms with van der Waals surface area (Å²) in [7, 11) is 1.71. The monoisotopic (exact) mass is 239 g/mol. The zero-order valence-corrected chi connectivity index (χ0v) is 10.4. The lowest BCUT2D eigenvalue weighted by Gasteiger charge is -2.23. The van der Waals surface area contributed by atoms with Gasteiger partial charge in [0, 0.05) is 5.02 Å². The standard InChI is InChI=1S/C13H18ClNO/c1-16-13-9-12(14)3-2-11(13)8-10-4-6-15-7-5-10/h2-3,9-10,15H,4-8H2,1H3. The molecule has 1 N–H and O–H groups in total. The van der Waals surface area contributed by atoms with Crippen LogP contribution in [0.2, 0.25) is 5.02 Å². The van der Waals surface area contributed by atoms with Crippen molar-refractivity contribution >= 4 is 11.6 Å². The van der Waals surface area contributed by atoms with E-state index in [-0.39, 0.29) is 0 Å². The fraction of sp³-hybridized carbons (Fsp3) is 0.538. The summed E-state index contributed by atoms with van der Waals surface area (Å²) in [5, 5.41) is 4.13. The maximum Gasteiger partial charge on any atom is 0.123 e. The summed E-state index contributed by atoms with van der Waals surface area (Å²) in [4.78, 5) is 0. The molecule has 0 unspecified atom stereocenters. The fourth-order valence-corrected chi connectivity index (χ4v) is 2.45. The molecule has 1 saturated heterocycles. The highest BCUT2D eigenvalue weighted by Gasteiger charge is 2.15. The molecule has 1 aliphatic heterocycles. The van der Waals surface area contributed by atoms with E-state index in [1.165, 1.54) is 18.4 Å². The molecule has 0 bridgehead atoms. The number of piperidine rings is 1. The van der Waals surface area contributed by atoms with Crippen LogP contribution in [0.4, 0.5) is 0 Å². The molecule has 1 aromatic rings. The van der Waals surface area contributed by atoms with Gasteiger partial charge >= 0.3 is 0 Å². The van der Waals surface area contributed by atoms with Gasteiger partial charge in [0.25, 0.3) is 0 Å². The van der Waals surface area contributed by atoms with Gasteiger partial charge < -0.3 is 10.1 Å². The van der Waals surface area contributed by atoms with Crippen LogP contribution in [0.3, 0.4) is 0 Å². The van der Waals surface area contributed by atoms with Crippen LogP contribution in [0.5, 0.6) is 5.75 Å². The van der Waals surface area contributed by atoms with Crippen molar-refractivity contribution in [2.24, 2.45) is 5.92 Å². The number of rotatable bonds is 3. The van der Waals surface area contributed by atoms with Gasteiger partial charge in [0.1, 0.15) is 5.75 Å². The van der Waals surface area contributed by atoms with Gasteiger partial charge in [-0.2, -0.15) is 0 Å². The number of nitrogens with one attached hydrogen (secondary N) is 1. The third kappa shape index (κ3) is 2.89. The Morgan fingerprint density at radius 2 is 2.12 bits per heavy atom. The third-order valence-corrected chi connectivity index (χ3v) is 3.45. The SMILES string of the molecule is COc1cc(Cl)ccc1CC1CCNCC1. The molecule has 1 aliphatic rings. The second kappa shape index (κ2) is 5.55. The van der Waals surface area contributed by atoms with Crippen molar-refractivity contribution in [3.05, 3.63) is 28.8 Å². The van der Waals surface area contributed by atoms with Crippen molar-refractivity contribution in [1.29, 1.82) is 0 Å². The predicted molar refractivity (Wildman–Crippen MR) is 67.3 cm³/mol. The summed E-state index contributed by atoms with van der Waals surface area (Å²) in [6.07, 6.45) is 3.61. The van der Waals surface area contributed by atoms with Crippen molar-refractivity contribution in [2.75, 3.05) is 20.2 Å². The molecule has 16 heavy (non-hydrogen) atoms. The molecule has 1 heterocycles. The summed E-state index contributed by atoms with van der Waals surface area (Å²) in [6, 6.07) is 5.93. The Morgan fingerprint density at radius 1 is 1.38 bits per heavy atom. The van der Waals surface area contributed by atoms with Gasteiger partial charge in [0.15, 0.2) is 0 Å². The molecule has 0 aromatic heterocycles. The van der Waals surface area contributed by atoms with Gasteiger partial charge in [-0.15, -0.1) is 0 Å². The fourth-order valence-electron chi connectivity index (χ4n) is 2.28. The summed E-state index contributed by atoms with van der Waals surface area (Å²) >= 11 is 5.95. The van der Waals surface area contributed by atoms with E-state index >= 15 is 0 Å². The highest BCUT2D eigenvalue weighted by atomic mass is 35.5. The molecular formula is C13H18ClNO. The van der Waals surface area contributed by atoms with Gasteiger partial charge in [0.2, 0.25) is 0 Å². The van der Waals surface area contributed by atoms with Crippen LogP contribution >= 0.6 is 11.6 Å². The van der Waals surface area contributed by atoms with Crippen LogP contribution in [0.15, 0.2) is 18.2 Å². The maximum atomic E-state index is 5.95. The lowest BCUT2D eigenvalue weighted by Crippen LogP contribution is -2.28. The van der Waals surface area contributed by atoms with E-state index in [1.807, 2.05) is 12.1 Å².